The van der Waals surface area contributed by atoms with E-state index in [2.05, 4.69) is 4.98 Å². The third-order valence-corrected chi connectivity index (χ3v) is 3.33. The average molecular weight is 291 g/mol. The van der Waals surface area contributed by atoms with Gasteiger partial charge in [-0.1, -0.05) is 60.7 Å². The van der Waals surface area contributed by atoms with Crippen LogP contribution in [0.25, 0.3) is 22.5 Å². The van der Waals surface area contributed by atoms with Crippen molar-refractivity contribution < 1.29 is 15.0 Å². The first-order valence-electron chi connectivity index (χ1n) is 6.75. The molecule has 0 aliphatic carbocycles. The van der Waals surface area contributed by atoms with Crippen LogP contribution >= 0.6 is 0 Å². The van der Waals surface area contributed by atoms with Crippen LogP contribution in [0.2, 0.25) is 0 Å². The average Bonchev–Trinajstić information content (AvgIpc) is 2.56. The largest absolute Gasteiger partial charge is 0.506 e. The van der Waals surface area contributed by atoms with Crippen LogP contribution in [-0.2, 0) is 0 Å². The molecule has 0 unspecified atom stereocenters. The molecule has 0 saturated carbocycles. The minimum absolute atomic E-state index is 0.0246. The smallest absolute Gasteiger partial charge is 0.338 e. The summed E-state index contributed by atoms with van der Waals surface area (Å²) in [7, 11) is 0. The summed E-state index contributed by atoms with van der Waals surface area (Å²) in [6.45, 7) is 0. The van der Waals surface area contributed by atoms with Gasteiger partial charge in [0, 0.05) is 11.1 Å². The van der Waals surface area contributed by atoms with Crippen molar-refractivity contribution in [2.75, 3.05) is 0 Å². The zero-order chi connectivity index (χ0) is 15.5. The highest BCUT2D eigenvalue weighted by atomic mass is 16.4. The Labute approximate surface area is 127 Å². The van der Waals surface area contributed by atoms with Gasteiger partial charge < -0.3 is 10.2 Å². The van der Waals surface area contributed by atoms with E-state index in [4.69, 9.17) is 0 Å². The second-order valence-electron chi connectivity index (χ2n) is 4.79. The fraction of sp³-hybridized carbons (Fsp3) is 0. The minimum Gasteiger partial charge on any atom is -0.506 e. The number of rotatable bonds is 3. The van der Waals surface area contributed by atoms with Crippen LogP contribution in [0.5, 0.6) is 5.75 Å². The van der Waals surface area contributed by atoms with Gasteiger partial charge in [0.15, 0.2) is 0 Å². The molecule has 108 valence electrons. The van der Waals surface area contributed by atoms with E-state index >= 15 is 0 Å². The molecule has 3 aromatic rings. The van der Waals surface area contributed by atoms with Crippen molar-refractivity contribution in [1.29, 1.82) is 0 Å². The number of aromatic nitrogens is 1. The van der Waals surface area contributed by atoms with Crippen molar-refractivity contribution in [2.45, 2.75) is 0 Å². The maximum atomic E-state index is 11.4. The third kappa shape index (κ3) is 2.54. The standard InChI is InChI=1S/C18H13NO3/c20-15-11-14(18(21)22)16(12-7-3-1-4-8-12)19-17(15)13-9-5-2-6-10-13/h1-11,20H,(H,21,22). The molecule has 0 saturated heterocycles. The molecule has 0 atom stereocenters. The van der Waals surface area contributed by atoms with Crippen LogP contribution in [0.4, 0.5) is 0 Å². The van der Waals surface area contributed by atoms with E-state index in [1.165, 1.54) is 6.07 Å². The molecule has 4 nitrogen and oxygen atoms in total. The molecule has 1 heterocycles. The Balaban J connectivity index is 2.25. The number of carboxylic acids is 1. The summed E-state index contributed by atoms with van der Waals surface area (Å²) < 4.78 is 0. The molecule has 4 heteroatoms. The van der Waals surface area contributed by atoms with Crippen LogP contribution < -0.4 is 0 Å². The number of carbonyl (C=O) groups is 1. The zero-order valence-corrected chi connectivity index (χ0v) is 11.6. The quantitative estimate of drug-likeness (QED) is 0.769. The molecule has 2 aromatic carbocycles. The summed E-state index contributed by atoms with van der Waals surface area (Å²) in [5.74, 6) is -1.27. The van der Waals surface area contributed by atoms with E-state index < -0.39 is 5.97 Å². The maximum Gasteiger partial charge on any atom is 0.338 e. The van der Waals surface area contributed by atoms with Crippen LogP contribution in [0.3, 0.4) is 0 Å². The van der Waals surface area contributed by atoms with Gasteiger partial charge in [-0.2, -0.15) is 0 Å². The van der Waals surface area contributed by atoms with Crippen molar-refractivity contribution in [1.82, 2.24) is 4.98 Å². The van der Waals surface area contributed by atoms with Gasteiger partial charge in [0.05, 0.1) is 11.3 Å². The summed E-state index contributed by atoms with van der Waals surface area (Å²) in [4.78, 5) is 15.8. The van der Waals surface area contributed by atoms with Gasteiger partial charge in [-0.3, -0.25) is 0 Å². The molecule has 0 bridgehead atoms. The van der Waals surface area contributed by atoms with Crippen LogP contribution in [0.1, 0.15) is 10.4 Å². The van der Waals surface area contributed by atoms with E-state index in [-0.39, 0.29) is 11.3 Å². The van der Waals surface area contributed by atoms with Crippen molar-refractivity contribution in [3.05, 3.63) is 72.3 Å². The summed E-state index contributed by atoms with van der Waals surface area (Å²) >= 11 is 0. The summed E-state index contributed by atoms with van der Waals surface area (Å²) in [5.41, 5.74) is 2.10. The Morgan fingerprint density at radius 1 is 0.818 bits per heavy atom. The SMILES string of the molecule is O=C(O)c1cc(O)c(-c2ccccc2)nc1-c1ccccc1. The Hall–Kier alpha value is -3.14. The molecule has 0 fully saturated rings. The normalized spacial score (nSPS) is 10.4. The molecule has 0 aliphatic heterocycles. The fourth-order valence-electron chi connectivity index (χ4n) is 2.29. The Morgan fingerprint density at radius 3 is 1.82 bits per heavy atom. The van der Waals surface area contributed by atoms with E-state index in [9.17, 15) is 15.0 Å². The molecule has 3 rings (SSSR count). The highest BCUT2D eigenvalue weighted by Gasteiger charge is 2.18. The lowest BCUT2D eigenvalue weighted by Crippen LogP contribution is -2.03. The third-order valence-electron chi connectivity index (χ3n) is 3.33. The van der Waals surface area contributed by atoms with Gasteiger partial charge in [-0.05, 0) is 6.07 Å². The number of aromatic hydroxyl groups is 1. The Bertz CT molecular complexity index is 814. The first-order chi connectivity index (χ1) is 10.7. The molecule has 0 spiro atoms. The van der Waals surface area contributed by atoms with E-state index in [1.54, 1.807) is 12.1 Å². The first-order valence-corrected chi connectivity index (χ1v) is 6.75. The second kappa shape index (κ2) is 5.69. The van der Waals surface area contributed by atoms with Crippen molar-refractivity contribution in [3.63, 3.8) is 0 Å². The van der Waals surface area contributed by atoms with E-state index in [0.717, 1.165) is 5.56 Å². The first kappa shape index (κ1) is 13.8. The van der Waals surface area contributed by atoms with Crippen molar-refractivity contribution in [2.24, 2.45) is 0 Å². The van der Waals surface area contributed by atoms with Gasteiger partial charge in [-0.25, -0.2) is 9.78 Å². The molecule has 0 aliphatic rings. The molecular formula is C18H13NO3. The van der Waals surface area contributed by atoms with E-state index in [1.807, 2.05) is 48.5 Å². The Kier molecular flexibility index (Phi) is 3.58. The second-order valence-corrected chi connectivity index (χ2v) is 4.79. The lowest BCUT2D eigenvalue weighted by atomic mass is 10.0. The zero-order valence-electron chi connectivity index (χ0n) is 11.6. The fourth-order valence-corrected chi connectivity index (χ4v) is 2.29. The maximum absolute atomic E-state index is 11.4. The highest BCUT2D eigenvalue weighted by Crippen LogP contribution is 2.33. The van der Waals surface area contributed by atoms with Gasteiger partial charge >= 0.3 is 5.97 Å². The number of hydrogen-bond acceptors (Lipinski definition) is 3. The molecule has 0 radical (unpaired) electrons. The number of aromatic carboxylic acids is 1. The molecule has 1 aromatic heterocycles. The summed E-state index contributed by atoms with van der Waals surface area (Å²) in [5, 5.41) is 19.5. The van der Waals surface area contributed by atoms with Gasteiger partial charge in [0.1, 0.15) is 11.4 Å². The molecular weight excluding hydrogens is 278 g/mol. The lowest BCUT2D eigenvalue weighted by Gasteiger charge is -2.11. The molecule has 22 heavy (non-hydrogen) atoms. The number of hydrogen-bond donors (Lipinski definition) is 2. The Morgan fingerprint density at radius 2 is 1.32 bits per heavy atom. The minimum atomic E-state index is -1.12. The van der Waals surface area contributed by atoms with Crippen LogP contribution in [0, 0.1) is 0 Å². The van der Waals surface area contributed by atoms with Crippen molar-refractivity contribution in [3.8, 4) is 28.3 Å². The highest BCUT2D eigenvalue weighted by molar-refractivity contribution is 5.96. The number of carboxylic acid groups (broad SMARTS) is 1. The summed E-state index contributed by atoms with van der Waals surface area (Å²) in [6.07, 6.45) is 0. The molecule has 2 N–H and O–H groups in total. The monoisotopic (exact) mass is 291 g/mol. The number of pyridine rings is 1. The number of benzene rings is 2. The predicted molar refractivity (Wildman–Crippen MR) is 83.7 cm³/mol. The van der Waals surface area contributed by atoms with Gasteiger partial charge in [0.25, 0.3) is 0 Å². The van der Waals surface area contributed by atoms with E-state index in [0.29, 0.717) is 17.0 Å². The number of nitrogens with zero attached hydrogens (tertiary/aromatic N) is 1. The van der Waals surface area contributed by atoms with Crippen molar-refractivity contribution >= 4 is 5.97 Å². The lowest BCUT2D eigenvalue weighted by molar-refractivity contribution is 0.0697. The topological polar surface area (TPSA) is 70.4 Å². The van der Waals surface area contributed by atoms with Gasteiger partial charge in [0.2, 0.25) is 0 Å². The van der Waals surface area contributed by atoms with Crippen LogP contribution in [0.15, 0.2) is 66.7 Å². The van der Waals surface area contributed by atoms with Crippen LogP contribution in [-0.4, -0.2) is 21.2 Å². The summed E-state index contributed by atoms with van der Waals surface area (Å²) in [6, 6.07) is 19.5. The predicted octanol–water partition coefficient (Wildman–Crippen LogP) is 3.82. The van der Waals surface area contributed by atoms with Gasteiger partial charge in [-0.15, -0.1) is 0 Å². The molecule has 0 amide bonds.